The zero-order valence-electron chi connectivity index (χ0n) is 16.0. The minimum atomic E-state index is -2.80. The molecule has 0 N–H and O–H groups in total. The van der Waals surface area contributed by atoms with Crippen molar-refractivity contribution in [3.8, 4) is 0 Å². The van der Waals surface area contributed by atoms with Crippen molar-refractivity contribution in [3.05, 3.63) is 0 Å². The highest BCUT2D eigenvalue weighted by Crippen LogP contribution is 2.59. The predicted molar refractivity (Wildman–Crippen MR) is 103 cm³/mol. The summed E-state index contributed by atoms with van der Waals surface area (Å²) in [4.78, 5) is 2.56. The molecule has 0 aromatic carbocycles. The fourth-order valence-electron chi connectivity index (χ4n) is 3.27. The molecule has 2 atom stereocenters. The molecular weight excluding hydrogens is 343 g/mol. The van der Waals surface area contributed by atoms with E-state index >= 15 is 0 Å². The van der Waals surface area contributed by atoms with Gasteiger partial charge in [-0.1, -0.05) is 20.8 Å². The molecule has 0 aliphatic carbocycles. The Bertz CT molecular complexity index is 430. The van der Waals surface area contributed by atoms with Gasteiger partial charge in [-0.05, 0) is 31.4 Å². The van der Waals surface area contributed by atoms with Gasteiger partial charge in [0.25, 0.3) is 7.52 Å². The van der Waals surface area contributed by atoms with Gasteiger partial charge in [0.05, 0.1) is 24.8 Å². The van der Waals surface area contributed by atoms with Gasteiger partial charge in [0.2, 0.25) is 0 Å². The van der Waals surface area contributed by atoms with E-state index in [1.165, 1.54) is 0 Å². The summed E-state index contributed by atoms with van der Waals surface area (Å²) in [5, 5.41) is 0. The van der Waals surface area contributed by atoms with Crippen molar-refractivity contribution < 1.29 is 13.8 Å². The van der Waals surface area contributed by atoms with Crippen LogP contribution in [0.5, 0.6) is 0 Å². The first kappa shape index (κ1) is 20.7. The van der Waals surface area contributed by atoms with Crippen molar-refractivity contribution in [2.75, 3.05) is 52.3 Å². The van der Waals surface area contributed by atoms with Crippen LogP contribution in [0.1, 0.15) is 40.5 Å². The van der Waals surface area contributed by atoms with E-state index in [-0.39, 0.29) is 10.4 Å². The minimum absolute atomic E-state index is 0.0137. The molecule has 0 radical (unpaired) electrons. The fraction of sp³-hybridized carbons (Fsp3) is 1.00. The van der Waals surface area contributed by atoms with E-state index in [9.17, 15) is 4.57 Å². The van der Waals surface area contributed by atoms with E-state index in [0.29, 0.717) is 12.6 Å². The lowest BCUT2D eigenvalue weighted by Crippen LogP contribution is -2.48. The molecule has 24 heavy (non-hydrogen) atoms. The van der Waals surface area contributed by atoms with Crippen LogP contribution in [0.25, 0.3) is 0 Å². The van der Waals surface area contributed by atoms with Crippen molar-refractivity contribution in [1.29, 1.82) is 0 Å². The van der Waals surface area contributed by atoms with Crippen LogP contribution in [-0.4, -0.2) is 72.9 Å². The van der Waals surface area contributed by atoms with Crippen LogP contribution in [0.4, 0.5) is 0 Å². The van der Waals surface area contributed by atoms with Crippen molar-refractivity contribution in [2.24, 2.45) is 5.41 Å². The maximum Gasteiger partial charge on any atom is 0.284 e. The van der Waals surface area contributed by atoms with Crippen LogP contribution >= 0.6 is 19.3 Å². The van der Waals surface area contributed by atoms with E-state index in [1.807, 2.05) is 13.2 Å². The molecule has 142 valence electrons. The van der Waals surface area contributed by atoms with Crippen LogP contribution < -0.4 is 0 Å². The SMILES string of the molecule is CSC(C)P(=O)(OCC(C)(C)C)N1CCC(N2CCOCC2)CC1. The Labute approximate surface area is 152 Å². The first-order chi connectivity index (χ1) is 11.3. The maximum absolute atomic E-state index is 13.7. The summed E-state index contributed by atoms with van der Waals surface area (Å²) in [6, 6.07) is 0.603. The van der Waals surface area contributed by atoms with Gasteiger partial charge in [0.15, 0.2) is 0 Å². The average Bonchev–Trinajstić information content (AvgIpc) is 2.59. The molecule has 0 aromatic rings. The average molecular weight is 379 g/mol. The van der Waals surface area contributed by atoms with Crippen LogP contribution in [0.3, 0.4) is 0 Å². The third kappa shape index (κ3) is 5.46. The third-order valence-corrected chi connectivity index (χ3v) is 9.60. The number of rotatable bonds is 6. The number of hydrogen-bond acceptors (Lipinski definition) is 5. The summed E-state index contributed by atoms with van der Waals surface area (Å²) in [5.41, 5.74) is 0.0277. The van der Waals surface area contributed by atoms with Gasteiger partial charge in [-0.3, -0.25) is 9.46 Å². The van der Waals surface area contributed by atoms with Gasteiger partial charge in [0, 0.05) is 32.2 Å². The molecule has 2 unspecified atom stereocenters. The number of morpholine rings is 1. The summed E-state index contributed by atoms with van der Waals surface area (Å²) in [6.07, 6.45) is 4.17. The van der Waals surface area contributed by atoms with Gasteiger partial charge in [-0.25, -0.2) is 4.67 Å². The highest BCUT2D eigenvalue weighted by molar-refractivity contribution is 8.05. The molecule has 2 aliphatic heterocycles. The Hall–Kier alpha value is 0.420. The zero-order valence-corrected chi connectivity index (χ0v) is 17.7. The van der Waals surface area contributed by atoms with Crippen LogP contribution in [0, 0.1) is 5.41 Å². The van der Waals surface area contributed by atoms with Crippen LogP contribution in [0.2, 0.25) is 0 Å². The van der Waals surface area contributed by atoms with Crippen LogP contribution in [0.15, 0.2) is 0 Å². The molecule has 2 fully saturated rings. The lowest BCUT2D eigenvalue weighted by atomic mass is 9.99. The Morgan fingerprint density at radius 2 is 1.79 bits per heavy atom. The van der Waals surface area contributed by atoms with Crippen molar-refractivity contribution in [1.82, 2.24) is 9.57 Å². The lowest BCUT2D eigenvalue weighted by Gasteiger charge is -2.43. The van der Waals surface area contributed by atoms with E-state index in [2.05, 4.69) is 30.3 Å². The van der Waals surface area contributed by atoms with Gasteiger partial charge < -0.3 is 9.26 Å². The normalized spacial score (nSPS) is 26.2. The zero-order chi connectivity index (χ0) is 17.8. The summed E-state index contributed by atoms with van der Waals surface area (Å²) in [5.74, 6) is 0. The molecule has 2 saturated heterocycles. The Morgan fingerprint density at radius 3 is 2.29 bits per heavy atom. The molecule has 2 rings (SSSR count). The largest absolute Gasteiger partial charge is 0.379 e. The molecular formula is C17H35N2O3PS. The smallest absolute Gasteiger partial charge is 0.284 e. The molecule has 0 spiro atoms. The summed E-state index contributed by atoms with van der Waals surface area (Å²) in [6.45, 7) is 14.5. The van der Waals surface area contributed by atoms with Crippen molar-refractivity contribution in [2.45, 2.75) is 51.6 Å². The fourth-order valence-corrected chi connectivity index (χ4v) is 7.12. The molecule has 0 saturated carbocycles. The number of thioether (sulfide) groups is 1. The highest BCUT2D eigenvalue weighted by atomic mass is 32.2. The van der Waals surface area contributed by atoms with E-state index in [4.69, 9.17) is 9.26 Å². The standard InChI is InChI=1S/C17H35N2O3PS/c1-15(24-5)23(20,22-14-17(2,3)4)19-8-6-16(7-9-19)18-10-12-21-13-11-18/h15-16H,6-14H2,1-5H3. The molecule has 0 amide bonds. The van der Waals surface area contributed by atoms with Gasteiger partial charge in [0.1, 0.15) is 0 Å². The molecule has 5 nitrogen and oxygen atoms in total. The first-order valence-electron chi connectivity index (χ1n) is 9.10. The Kier molecular flexibility index (Phi) is 7.67. The topological polar surface area (TPSA) is 42.0 Å². The summed E-state index contributed by atoms with van der Waals surface area (Å²) in [7, 11) is -2.80. The van der Waals surface area contributed by atoms with Gasteiger partial charge in [-0.15, -0.1) is 0 Å². The maximum atomic E-state index is 13.7. The third-order valence-electron chi connectivity index (χ3n) is 4.88. The van der Waals surface area contributed by atoms with Crippen LogP contribution in [-0.2, 0) is 13.8 Å². The Balaban J connectivity index is 1.97. The number of piperidine rings is 1. The van der Waals surface area contributed by atoms with E-state index in [0.717, 1.165) is 52.2 Å². The van der Waals surface area contributed by atoms with Crippen molar-refractivity contribution >= 4 is 19.3 Å². The molecule has 7 heteroatoms. The summed E-state index contributed by atoms with van der Waals surface area (Å²) < 4.78 is 27.4. The highest BCUT2D eigenvalue weighted by Gasteiger charge is 2.41. The number of ether oxygens (including phenoxy) is 1. The summed E-state index contributed by atoms with van der Waals surface area (Å²) >= 11 is 1.65. The number of nitrogens with zero attached hydrogens (tertiary/aromatic N) is 2. The van der Waals surface area contributed by atoms with E-state index < -0.39 is 7.52 Å². The quantitative estimate of drug-likeness (QED) is 0.656. The van der Waals surface area contributed by atoms with Crippen molar-refractivity contribution in [3.63, 3.8) is 0 Å². The second kappa shape index (κ2) is 8.88. The number of hydrogen-bond donors (Lipinski definition) is 0. The molecule has 0 bridgehead atoms. The van der Waals surface area contributed by atoms with Gasteiger partial charge >= 0.3 is 0 Å². The predicted octanol–water partition coefficient (Wildman–Crippen LogP) is 3.75. The van der Waals surface area contributed by atoms with E-state index in [1.54, 1.807) is 11.8 Å². The minimum Gasteiger partial charge on any atom is -0.379 e. The second-order valence-corrected chi connectivity index (χ2v) is 12.3. The lowest BCUT2D eigenvalue weighted by molar-refractivity contribution is 0.00500. The molecule has 0 aromatic heterocycles. The first-order valence-corrected chi connectivity index (χ1v) is 12.0. The monoisotopic (exact) mass is 378 g/mol. The molecule has 2 aliphatic rings. The molecule has 2 heterocycles. The second-order valence-electron chi connectivity index (χ2n) is 8.07. The van der Waals surface area contributed by atoms with Gasteiger partial charge in [-0.2, -0.15) is 11.8 Å². The Morgan fingerprint density at radius 1 is 1.21 bits per heavy atom.